The normalized spacial score (nSPS) is 17.2. The summed E-state index contributed by atoms with van der Waals surface area (Å²) in [5.74, 6) is -1.31. The second kappa shape index (κ2) is 5.49. The van der Waals surface area contributed by atoms with Gasteiger partial charge in [-0.3, -0.25) is 9.59 Å². The van der Waals surface area contributed by atoms with Crippen LogP contribution in [0.5, 0.6) is 0 Å². The largest absolute Gasteiger partial charge is 0.368 e. The van der Waals surface area contributed by atoms with Crippen molar-refractivity contribution >= 4 is 23.2 Å². The number of likely N-dealkylation sites (tertiary alicyclic amines) is 1. The first kappa shape index (κ1) is 14.6. The van der Waals surface area contributed by atoms with Gasteiger partial charge in [0.1, 0.15) is 17.6 Å². The standard InChI is InChI=1S/C15H14FN3O2S/c1-8-18-12(15(21)19-7-6-11(19)14(17)20)13(22-8)9-4-2-3-5-10(9)16/h2-5,11H,6-7H2,1H3,(H2,17,20). The monoisotopic (exact) mass is 319 g/mol. The Kier molecular flexibility index (Phi) is 3.66. The van der Waals surface area contributed by atoms with E-state index < -0.39 is 17.8 Å². The van der Waals surface area contributed by atoms with Gasteiger partial charge in [-0.1, -0.05) is 18.2 Å². The number of rotatable bonds is 3. The molecule has 0 saturated carbocycles. The SMILES string of the molecule is Cc1nc(C(=O)N2CCC2C(N)=O)c(-c2ccccc2F)s1. The van der Waals surface area contributed by atoms with E-state index in [-0.39, 0.29) is 11.6 Å². The lowest BCUT2D eigenvalue weighted by atomic mass is 10.0. The van der Waals surface area contributed by atoms with Crippen LogP contribution in [0.3, 0.4) is 0 Å². The molecular weight excluding hydrogens is 305 g/mol. The molecule has 1 saturated heterocycles. The highest BCUT2D eigenvalue weighted by molar-refractivity contribution is 7.15. The van der Waals surface area contributed by atoms with Gasteiger partial charge in [-0.05, 0) is 19.4 Å². The molecule has 1 aliphatic heterocycles. The summed E-state index contributed by atoms with van der Waals surface area (Å²) in [6, 6.07) is 5.66. The quantitative estimate of drug-likeness (QED) is 0.939. The molecule has 1 aromatic heterocycles. The van der Waals surface area contributed by atoms with E-state index in [0.29, 0.717) is 28.4 Å². The summed E-state index contributed by atoms with van der Waals surface area (Å²) in [6.45, 7) is 2.22. The average molecular weight is 319 g/mol. The van der Waals surface area contributed by atoms with Crippen LogP contribution in [0.4, 0.5) is 4.39 Å². The molecule has 2 amide bonds. The van der Waals surface area contributed by atoms with Crippen LogP contribution in [-0.2, 0) is 4.79 Å². The van der Waals surface area contributed by atoms with Gasteiger partial charge >= 0.3 is 0 Å². The number of benzene rings is 1. The summed E-state index contributed by atoms with van der Waals surface area (Å²) in [4.78, 5) is 30.0. The highest BCUT2D eigenvalue weighted by Crippen LogP contribution is 2.34. The highest BCUT2D eigenvalue weighted by atomic mass is 32.1. The summed E-state index contributed by atoms with van der Waals surface area (Å²) in [6.07, 6.45) is 0.555. The Morgan fingerprint density at radius 3 is 2.73 bits per heavy atom. The second-order valence-electron chi connectivity index (χ2n) is 5.10. The van der Waals surface area contributed by atoms with Crippen molar-refractivity contribution in [2.24, 2.45) is 5.73 Å². The lowest BCUT2D eigenvalue weighted by molar-refractivity contribution is -0.125. The Hall–Kier alpha value is -2.28. The van der Waals surface area contributed by atoms with Crippen LogP contribution in [-0.4, -0.2) is 34.3 Å². The lowest BCUT2D eigenvalue weighted by Crippen LogP contribution is -2.57. The molecule has 22 heavy (non-hydrogen) atoms. The van der Waals surface area contributed by atoms with Gasteiger partial charge in [-0.25, -0.2) is 9.37 Å². The molecule has 1 aromatic carbocycles. The number of halogens is 1. The maximum absolute atomic E-state index is 14.0. The van der Waals surface area contributed by atoms with Crippen molar-refractivity contribution in [3.8, 4) is 10.4 Å². The molecule has 2 heterocycles. The average Bonchev–Trinajstić information content (AvgIpc) is 2.79. The highest BCUT2D eigenvalue weighted by Gasteiger charge is 2.38. The number of aromatic nitrogens is 1. The molecule has 0 spiro atoms. The van der Waals surface area contributed by atoms with Gasteiger partial charge in [0.15, 0.2) is 0 Å². The first-order chi connectivity index (χ1) is 10.5. The van der Waals surface area contributed by atoms with Crippen molar-refractivity contribution in [2.75, 3.05) is 6.54 Å². The molecule has 2 aromatic rings. The fourth-order valence-electron chi connectivity index (χ4n) is 2.46. The molecule has 0 radical (unpaired) electrons. The molecule has 7 heteroatoms. The van der Waals surface area contributed by atoms with Gasteiger partial charge in [0.25, 0.3) is 5.91 Å². The van der Waals surface area contributed by atoms with Crippen LogP contribution < -0.4 is 5.73 Å². The summed E-state index contributed by atoms with van der Waals surface area (Å²) >= 11 is 1.26. The van der Waals surface area contributed by atoms with E-state index in [1.807, 2.05) is 0 Å². The number of carbonyl (C=O) groups excluding carboxylic acids is 2. The van der Waals surface area contributed by atoms with E-state index >= 15 is 0 Å². The molecule has 2 N–H and O–H groups in total. The van der Waals surface area contributed by atoms with E-state index in [9.17, 15) is 14.0 Å². The Morgan fingerprint density at radius 2 is 2.14 bits per heavy atom. The van der Waals surface area contributed by atoms with E-state index in [0.717, 1.165) is 0 Å². The van der Waals surface area contributed by atoms with Gasteiger partial charge in [-0.15, -0.1) is 11.3 Å². The maximum atomic E-state index is 14.0. The fraction of sp³-hybridized carbons (Fsp3) is 0.267. The van der Waals surface area contributed by atoms with Crippen LogP contribution in [0, 0.1) is 12.7 Å². The Bertz CT molecular complexity index is 759. The second-order valence-corrected chi connectivity index (χ2v) is 6.30. The molecule has 3 rings (SSSR count). The molecule has 114 valence electrons. The van der Waals surface area contributed by atoms with Gasteiger partial charge in [-0.2, -0.15) is 0 Å². The minimum Gasteiger partial charge on any atom is -0.368 e. The number of hydrogen-bond donors (Lipinski definition) is 1. The number of thiazole rings is 1. The number of primary amides is 1. The first-order valence-corrected chi connectivity index (χ1v) is 7.63. The zero-order chi connectivity index (χ0) is 15.9. The number of aryl methyl sites for hydroxylation is 1. The van der Waals surface area contributed by atoms with Crippen molar-refractivity contribution in [2.45, 2.75) is 19.4 Å². The third-order valence-corrected chi connectivity index (χ3v) is 4.67. The third-order valence-electron chi connectivity index (χ3n) is 3.66. The van der Waals surface area contributed by atoms with Crippen molar-refractivity contribution < 1.29 is 14.0 Å². The van der Waals surface area contributed by atoms with E-state index in [1.165, 1.54) is 22.3 Å². The maximum Gasteiger partial charge on any atom is 0.274 e. The molecule has 5 nitrogen and oxygen atoms in total. The van der Waals surface area contributed by atoms with Crippen LogP contribution in [0.15, 0.2) is 24.3 Å². The fourth-order valence-corrected chi connectivity index (χ4v) is 3.40. The van der Waals surface area contributed by atoms with Crippen molar-refractivity contribution in [1.82, 2.24) is 9.88 Å². The minimum atomic E-state index is -0.594. The molecule has 1 fully saturated rings. The Labute approximate surface area is 130 Å². The zero-order valence-corrected chi connectivity index (χ0v) is 12.7. The van der Waals surface area contributed by atoms with Gasteiger partial charge in [0.2, 0.25) is 5.91 Å². The first-order valence-electron chi connectivity index (χ1n) is 6.81. The minimum absolute atomic E-state index is 0.179. The van der Waals surface area contributed by atoms with E-state index in [1.54, 1.807) is 25.1 Å². The Balaban J connectivity index is 2.00. The topological polar surface area (TPSA) is 76.3 Å². The summed E-state index contributed by atoms with van der Waals surface area (Å²) in [5.41, 5.74) is 5.79. The number of amides is 2. The smallest absolute Gasteiger partial charge is 0.274 e. The van der Waals surface area contributed by atoms with Crippen molar-refractivity contribution in [3.63, 3.8) is 0 Å². The third kappa shape index (κ3) is 2.37. The van der Waals surface area contributed by atoms with E-state index in [4.69, 9.17) is 5.73 Å². The van der Waals surface area contributed by atoms with Crippen molar-refractivity contribution in [1.29, 1.82) is 0 Å². The molecule has 1 aliphatic rings. The van der Waals surface area contributed by atoms with Gasteiger partial charge in [0, 0.05) is 12.1 Å². The van der Waals surface area contributed by atoms with Gasteiger partial charge in [0.05, 0.1) is 9.88 Å². The lowest BCUT2D eigenvalue weighted by Gasteiger charge is -2.38. The van der Waals surface area contributed by atoms with Crippen LogP contribution >= 0.6 is 11.3 Å². The zero-order valence-electron chi connectivity index (χ0n) is 11.9. The van der Waals surface area contributed by atoms with Crippen LogP contribution in [0.1, 0.15) is 21.9 Å². The number of carbonyl (C=O) groups is 2. The molecule has 1 unspecified atom stereocenters. The number of nitrogens with zero attached hydrogens (tertiary/aromatic N) is 2. The van der Waals surface area contributed by atoms with Crippen LogP contribution in [0.2, 0.25) is 0 Å². The predicted molar refractivity (Wildman–Crippen MR) is 80.9 cm³/mol. The molecular formula is C15H14FN3O2S. The van der Waals surface area contributed by atoms with Crippen molar-refractivity contribution in [3.05, 3.63) is 40.8 Å². The molecule has 1 atom stereocenters. The van der Waals surface area contributed by atoms with E-state index in [2.05, 4.69) is 4.98 Å². The molecule has 0 aliphatic carbocycles. The van der Waals surface area contributed by atoms with Crippen LogP contribution in [0.25, 0.3) is 10.4 Å². The number of hydrogen-bond acceptors (Lipinski definition) is 4. The summed E-state index contributed by atoms with van der Waals surface area (Å²) in [7, 11) is 0. The molecule has 0 bridgehead atoms. The Morgan fingerprint density at radius 1 is 1.41 bits per heavy atom. The summed E-state index contributed by atoms with van der Waals surface area (Å²) in [5, 5.41) is 0.665. The predicted octanol–water partition coefficient (Wildman–Crippen LogP) is 1.96. The van der Waals surface area contributed by atoms with Gasteiger partial charge < -0.3 is 10.6 Å². The number of nitrogens with two attached hydrogens (primary N) is 1. The summed E-state index contributed by atoms with van der Waals surface area (Å²) < 4.78 is 14.0.